The zero-order valence-corrected chi connectivity index (χ0v) is 9.53. The maximum Gasteiger partial charge on any atom is 0.344 e. The Labute approximate surface area is 97.6 Å². The fourth-order valence-electron chi connectivity index (χ4n) is 2.31. The smallest absolute Gasteiger partial charge is 0.344 e. The van der Waals surface area contributed by atoms with Crippen LogP contribution in [0.1, 0.15) is 13.8 Å². The minimum atomic E-state index is -1.57. The first-order valence-corrected chi connectivity index (χ1v) is 5.34. The maximum atomic E-state index is 11.8. The Kier molecular flexibility index (Phi) is 2.72. The molecule has 1 spiro atoms. The van der Waals surface area contributed by atoms with Crippen molar-refractivity contribution in [3.8, 4) is 0 Å². The molecule has 0 aromatic rings. The third-order valence-electron chi connectivity index (χ3n) is 3.46. The summed E-state index contributed by atoms with van der Waals surface area (Å²) < 4.78 is 10.0. The molecule has 2 rings (SSSR count). The topological polar surface area (TPSA) is 120 Å². The van der Waals surface area contributed by atoms with Crippen LogP contribution < -0.4 is 0 Å². The molecule has 2 fully saturated rings. The van der Waals surface area contributed by atoms with Gasteiger partial charge in [-0.2, -0.15) is 0 Å². The number of cyclic esters (lactones) is 1. The van der Waals surface area contributed by atoms with Crippen molar-refractivity contribution in [3.63, 3.8) is 0 Å². The van der Waals surface area contributed by atoms with Gasteiger partial charge in [-0.3, -0.25) is 0 Å². The summed E-state index contributed by atoms with van der Waals surface area (Å²) in [6.07, 6.45) is -5.79. The van der Waals surface area contributed by atoms with E-state index in [4.69, 9.17) is 14.6 Å². The number of rotatable bonds is 2. The summed E-state index contributed by atoms with van der Waals surface area (Å²) in [5.74, 6) is -0.835. The van der Waals surface area contributed by atoms with Crippen molar-refractivity contribution in [2.45, 2.75) is 49.5 Å². The number of aliphatic hydroxyl groups is 4. The lowest BCUT2D eigenvalue weighted by molar-refractivity contribution is -0.210. The Morgan fingerprint density at radius 2 is 1.94 bits per heavy atom. The van der Waals surface area contributed by atoms with Crippen molar-refractivity contribution >= 4 is 5.97 Å². The third kappa shape index (κ3) is 1.50. The van der Waals surface area contributed by atoms with Crippen LogP contribution in [0.3, 0.4) is 0 Å². The second-order valence-electron chi connectivity index (χ2n) is 4.90. The number of ether oxygens (including phenoxy) is 2. The first-order valence-electron chi connectivity index (χ1n) is 5.34. The van der Waals surface area contributed by atoms with E-state index in [1.165, 1.54) is 0 Å². The predicted octanol–water partition coefficient (Wildman–Crippen LogP) is -2.47. The predicted molar refractivity (Wildman–Crippen MR) is 52.9 cm³/mol. The van der Waals surface area contributed by atoms with Gasteiger partial charge in [0.25, 0.3) is 0 Å². The fourth-order valence-corrected chi connectivity index (χ4v) is 2.31. The summed E-state index contributed by atoms with van der Waals surface area (Å²) >= 11 is 0. The summed E-state index contributed by atoms with van der Waals surface area (Å²) in [4.78, 5) is 11.8. The normalized spacial score (nSPS) is 45.5. The quantitative estimate of drug-likeness (QED) is 0.316. The molecule has 0 amide bonds. The highest BCUT2D eigenvalue weighted by Crippen LogP contribution is 2.54. The van der Waals surface area contributed by atoms with E-state index in [1.54, 1.807) is 13.8 Å². The fraction of sp³-hybridized carbons (Fsp3) is 0.900. The highest BCUT2D eigenvalue weighted by atomic mass is 16.7. The van der Waals surface area contributed by atoms with Crippen LogP contribution in [0.4, 0.5) is 0 Å². The molecule has 0 bridgehead atoms. The highest BCUT2D eigenvalue weighted by Gasteiger charge is 2.78. The molecule has 7 nitrogen and oxygen atoms in total. The summed E-state index contributed by atoms with van der Waals surface area (Å²) in [6.45, 7) is 2.50. The van der Waals surface area contributed by atoms with Crippen LogP contribution in [0.5, 0.6) is 0 Å². The van der Waals surface area contributed by atoms with Gasteiger partial charge < -0.3 is 29.9 Å². The minimum absolute atomic E-state index is 0.682. The van der Waals surface area contributed by atoms with Crippen LogP contribution in [-0.2, 0) is 14.3 Å². The van der Waals surface area contributed by atoms with Gasteiger partial charge in [-0.25, -0.2) is 4.79 Å². The Hall–Kier alpha value is -0.730. The van der Waals surface area contributed by atoms with E-state index in [9.17, 15) is 20.1 Å². The van der Waals surface area contributed by atoms with Crippen molar-refractivity contribution in [1.29, 1.82) is 0 Å². The molecule has 98 valence electrons. The standard InChI is InChI=1S/C10H16O7/c1-9(2)10(17-9)7(14)5(13)6(4(12)3-11)16-8(10)15/h4-7,11-14H,3H2,1-2H3/t4-,5-,6+,7-,10+/m0/s1. The number of hydrogen-bond donors (Lipinski definition) is 4. The number of esters is 1. The van der Waals surface area contributed by atoms with E-state index in [1.807, 2.05) is 0 Å². The van der Waals surface area contributed by atoms with Crippen LogP contribution in [0, 0.1) is 0 Å². The van der Waals surface area contributed by atoms with Crippen LogP contribution in [0.25, 0.3) is 0 Å². The molecule has 2 heterocycles. The molecule has 2 aliphatic heterocycles. The van der Waals surface area contributed by atoms with E-state index in [2.05, 4.69) is 0 Å². The van der Waals surface area contributed by atoms with Gasteiger partial charge in [0.15, 0.2) is 6.10 Å². The Bertz CT molecular complexity index is 342. The molecule has 2 saturated heterocycles. The highest BCUT2D eigenvalue weighted by molar-refractivity contribution is 5.87. The molecule has 17 heavy (non-hydrogen) atoms. The molecule has 4 N–H and O–H groups in total. The molecule has 0 unspecified atom stereocenters. The lowest BCUT2D eigenvalue weighted by atomic mass is 9.82. The molecular weight excluding hydrogens is 232 g/mol. The SMILES string of the molecule is CC1(C)O[C@]12C(=O)O[C@H]([C@@H](O)CO)[C@H](O)[C@@H]2O. The summed E-state index contributed by atoms with van der Waals surface area (Å²) in [5, 5.41) is 37.8. The first kappa shape index (κ1) is 12.7. The second-order valence-corrected chi connectivity index (χ2v) is 4.90. The molecule has 7 heteroatoms. The van der Waals surface area contributed by atoms with Gasteiger partial charge in [0.2, 0.25) is 5.60 Å². The number of carbonyl (C=O) groups is 1. The maximum absolute atomic E-state index is 11.8. The van der Waals surface area contributed by atoms with E-state index in [0.29, 0.717) is 0 Å². The van der Waals surface area contributed by atoms with Crippen LogP contribution in [0.15, 0.2) is 0 Å². The summed E-state index contributed by atoms with van der Waals surface area (Å²) in [5.41, 5.74) is -2.49. The van der Waals surface area contributed by atoms with Gasteiger partial charge in [-0.15, -0.1) is 0 Å². The van der Waals surface area contributed by atoms with Crippen molar-refractivity contribution in [2.24, 2.45) is 0 Å². The van der Waals surface area contributed by atoms with Crippen LogP contribution >= 0.6 is 0 Å². The summed E-state index contributed by atoms with van der Waals surface area (Å²) in [7, 11) is 0. The van der Waals surface area contributed by atoms with Gasteiger partial charge in [-0.1, -0.05) is 0 Å². The van der Waals surface area contributed by atoms with Gasteiger partial charge in [-0.05, 0) is 13.8 Å². The number of hydrogen-bond acceptors (Lipinski definition) is 7. The van der Waals surface area contributed by atoms with E-state index in [-0.39, 0.29) is 0 Å². The molecule has 2 aliphatic rings. The molecule has 0 aliphatic carbocycles. The Morgan fingerprint density at radius 1 is 1.41 bits per heavy atom. The average Bonchev–Trinajstić information content (AvgIpc) is 2.85. The van der Waals surface area contributed by atoms with Crippen molar-refractivity contribution in [3.05, 3.63) is 0 Å². The van der Waals surface area contributed by atoms with E-state index in [0.717, 1.165) is 0 Å². The molecule has 0 radical (unpaired) electrons. The van der Waals surface area contributed by atoms with Gasteiger partial charge in [0.1, 0.15) is 23.9 Å². The first-order chi connectivity index (χ1) is 7.78. The lowest BCUT2D eigenvalue weighted by Crippen LogP contribution is -2.63. The molecule has 0 aromatic heterocycles. The van der Waals surface area contributed by atoms with Crippen molar-refractivity contribution in [1.82, 2.24) is 0 Å². The number of epoxide rings is 1. The molecular formula is C10H16O7. The van der Waals surface area contributed by atoms with Gasteiger partial charge in [0, 0.05) is 0 Å². The number of carbonyl (C=O) groups excluding carboxylic acids is 1. The molecule has 0 aromatic carbocycles. The monoisotopic (exact) mass is 248 g/mol. The van der Waals surface area contributed by atoms with Crippen LogP contribution in [0.2, 0.25) is 0 Å². The number of aliphatic hydroxyl groups excluding tert-OH is 4. The lowest BCUT2D eigenvalue weighted by Gasteiger charge is -2.37. The largest absolute Gasteiger partial charge is 0.454 e. The molecule has 0 saturated carbocycles. The van der Waals surface area contributed by atoms with E-state index < -0.39 is 48.2 Å². The minimum Gasteiger partial charge on any atom is -0.454 e. The van der Waals surface area contributed by atoms with Gasteiger partial charge >= 0.3 is 5.97 Å². The Balaban J connectivity index is 2.23. The average molecular weight is 248 g/mol. The van der Waals surface area contributed by atoms with Crippen LogP contribution in [-0.4, -0.2) is 68.6 Å². The van der Waals surface area contributed by atoms with Crippen molar-refractivity contribution in [2.75, 3.05) is 6.61 Å². The zero-order chi connectivity index (χ0) is 13.0. The van der Waals surface area contributed by atoms with E-state index >= 15 is 0 Å². The van der Waals surface area contributed by atoms with Gasteiger partial charge in [0.05, 0.1) is 6.61 Å². The zero-order valence-electron chi connectivity index (χ0n) is 9.53. The molecule has 5 atom stereocenters. The third-order valence-corrected chi connectivity index (χ3v) is 3.46. The van der Waals surface area contributed by atoms with Crippen molar-refractivity contribution < 1.29 is 34.7 Å². The second kappa shape index (κ2) is 3.63. The Morgan fingerprint density at radius 3 is 2.35 bits per heavy atom. The summed E-state index contributed by atoms with van der Waals surface area (Å²) in [6, 6.07) is 0.